The van der Waals surface area contributed by atoms with E-state index in [-0.39, 0.29) is 0 Å². The van der Waals surface area contributed by atoms with Crippen molar-refractivity contribution < 1.29 is 0 Å². The summed E-state index contributed by atoms with van der Waals surface area (Å²) in [6.45, 7) is 4.58. The fourth-order valence-electron chi connectivity index (χ4n) is 2.97. The highest BCUT2D eigenvalue weighted by Gasteiger charge is 1.95. The molecule has 0 saturated heterocycles. The van der Waals surface area contributed by atoms with Crippen molar-refractivity contribution in [3.05, 3.63) is 0 Å². The molecule has 0 aliphatic heterocycles. The average Bonchev–Trinajstić information content (AvgIpc) is 3.04. The smallest absolute Gasteiger partial charge is 0.0533 e. The summed E-state index contributed by atoms with van der Waals surface area (Å²) in [4.78, 5) is 0. The SMILES string of the molecule is C1CCCC1.CCCCCCCCCCCCCCC. The van der Waals surface area contributed by atoms with Gasteiger partial charge in [0.25, 0.3) is 0 Å². The summed E-state index contributed by atoms with van der Waals surface area (Å²) in [6, 6.07) is 0. The standard InChI is InChI=1S/C15H32.C5H10/c1-3-5-7-9-11-13-15-14-12-10-8-6-4-2;1-2-4-5-3-1/h3-15H2,1-2H3;1-5H2. The fraction of sp³-hybridized carbons (Fsp3) is 1.00. The molecule has 0 aromatic heterocycles. The Morgan fingerprint density at radius 2 is 0.550 bits per heavy atom. The average molecular weight is 283 g/mol. The third-order valence-electron chi connectivity index (χ3n) is 4.46. The zero-order valence-electron chi connectivity index (χ0n) is 14.7. The monoisotopic (exact) mass is 282 g/mol. The van der Waals surface area contributed by atoms with Crippen LogP contribution in [-0.2, 0) is 0 Å². The molecule has 1 fully saturated rings. The Hall–Kier alpha value is 0. The summed E-state index contributed by atoms with van der Waals surface area (Å²) < 4.78 is 0. The first-order valence-electron chi connectivity index (χ1n) is 9.91. The Kier molecular flexibility index (Phi) is 19.0. The van der Waals surface area contributed by atoms with Crippen LogP contribution in [0.4, 0.5) is 0 Å². The van der Waals surface area contributed by atoms with E-state index in [1.54, 1.807) is 0 Å². The molecule has 0 aromatic carbocycles. The lowest BCUT2D eigenvalue weighted by atomic mass is 10.1. The largest absolute Gasteiger partial charge is 0.0654 e. The van der Waals surface area contributed by atoms with Crippen molar-refractivity contribution in [2.75, 3.05) is 0 Å². The van der Waals surface area contributed by atoms with Crippen LogP contribution < -0.4 is 0 Å². The van der Waals surface area contributed by atoms with Gasteiger partial charge in [0.05, 0.1) is 0 Å². The first-order valence-corrected chi connectivity index (χ1v) is 9.91. The van der Waals surface area contributed by atoms with E-state index in [2.05, 4.69) is 13.8 Å². The highest BCUT2D eigenvalue weighted by molar-refractivity contribution is 4.51. The van der Waals surface area contributed by atoms with Crippen molar-refractivity contribution in [2.24, 2.45) is 0 Å². The van der Waals surface area contributed by atoms with E-state index in [4.69, 9.17) is 0 Å². The van der Waals surface area contributed by atoms with Crippen LogP contribution in [0.15, 0.2) is 0 Å². The minimum Gasteiger partial charge on any atom is -0.0654 e. The van der Waals surface area contributed by atoms with Crippen LogP contribution in [0, 0.1) is 0 Å². The molecule has 0 radical (unpaired) electrons. The second-order valence-electron chi connectivity index (χ2n) is 6.66. The zero-order chi connectivity index (χ0) is 14.7. The molecule has 0 bridgehead atoms. The van der Waals surface area contributed by atoms with Gasteiger partial charge in [-0.2, -0.15) is 0 Å². The predicted octanol–water partition coefficient (Wildman–Crippen LogP) is 8.05. The van der Waals surface area contributed by atoms with Gasteiger partial charge in [-0.1, -0.05) is 129 Å². The molecule has 0 nitrogen and oxygen atoms in total. The number of unbranched alkanes of at least 4 members (excludes halogenated alkanes) is 12. The topological polar surface area (TPSA) is 0 Å². The lowest BCUT2D eigenvalue weighted by Crippen LogP contribution is -1.82. The van der Waals surface area contributed by atoms with E-state index in [9.17, 15) is 0 Å². The molecule has 0 spiro atoms. The second-order valence-corrected chi connectivity index (χ2v) is 6.66. The first-order chi connectivity index (χ1) is 9.91. The van der Waals surface area contributed by atoms with Crippen molar-refractivity contribution in [1.82, 2.24) is 0 Å². The molecular formula is C20H42. The lowest BCUT2D eigenvalue weighted by Gasteiger charge is -2.01. The van der Waals surface area contributed by atoms with Crippen LogP contribution in [0.25, 0.3) is 0 Å². The minimum atomic E-state index is 1.37. The molecule has 1 aliphatic carbocycles. The Labute approximate surface area is 130 Å². The van der Waals surface area contributed by atoms with Crippen molar-refractivity contribution in [3.63, 3.8) is 0 Å². The van der Waals surface area contributed by atoms with Crippen LogP contribution in [0.5, 0.6) is 0 Å². The van der Waals surface area contributed by atoms with Crippen LogP contribution in [0.2, 0.25) is 0 Å². The van der Waals surface area contributed by atoms with Crippen molar-refractivity contribution >= 4 is 0 Å². The van der Waals surface area contributed by atoms with Crippen LogP contribution in [0.3, 0.4) is 0 Å². The minimum absolute atomic E-state index is 1.37. The highest BCUT2D eigenvalue weighted by atomic mass is 14.0. The Morgan fingerprint density at radius 3 is 0.750 bits per heavy atom. The van der Waals surface area contributed by atoms with E-state index in [0.29, 0.717) is 0 Å². The predicted molar refractivity (Wildman–Crippen MR) is 94.5 cm³/mol. The number of rotatable bonds is 12. The normalized spacial score (nSPS) is 14.1. The molecule has 122 valence electrons. The van der Waals surface area contributed by atoms with E-state index in [0.717, 1.165) is 0 Å². The number of hydrogen-bond acceptors (Lipinski definition) is 0. The van der Waals surface area contributed by atoms with Crippen molar-refractivity contribution in [3.8, 4) is 0 Å². The van der Waals surface area contributed by atoms with Gasteiger partial charge in [0.15, 0.2) is 0 Å². The molecule has 1 rings (SSSR count). The van der Waals surface area contributed by atoms with Crippen molar-refractivity contribution in [2.45, 2.75) is 129 Å². The molecule has 0 atom stereocenters. The van der Waals surface area contributed by atoms with E-state index < -0.39 is 0 Å². The highest BCUT2D eigenvalue weighted by Crippen LogP contribution is 2.15. The summed E-state index contributed by atoms with van der Waals surface area (Å²) in [5.41, 5.74) is 0. The van der Waals surface area contributed by atoms with Gasteiger partial charge in [0.1, 0.15) is 0 Å². The van der Waals surface area contributed by atoms with Gasteiger partial charge in [-0.3, -0.25) is 0 Å². The van der Waals surface area contributed by atoms with Crippen molar-refractivity contribution in [1.29, 1.82) is 0 Å². The summed E-state index contributed by atoms with van der Waals surface area (Å²) >= 11 is 0. The van der Waals surface area contributed by atoms with Crippen LogP contribution in [-0.4, -0.2) is 0 Å². The maximum atomic E-state index is 2.29. The van der Waals surface area contributed by atoms with E-state index in [1.807, 2.05) is 0 Å². The third kappa shape index (κ3) is 18.0. The number of hydrogen-bond donors (Lipinski definition) is 0. The lowest BCUT2D eigenvalue weighted by molar-refractivity contribution is 0.542. The molecular weight excluding hydrogens is 240 g/mol. The Balaban J connectivity index is 0.000000595. The maximum absolute atomic E-state index is 2.29. The molecule has 1 saturated carbocycles. The van der Waals surface area contributed by atoms with Gasteiger partial charge >= 0.3 is 0 Å². The Morgan fingerprint density at radius 1 is 0.350 bits per heavy atom. The van der Waals surface area contributed by atoms with E-state index >= 15 is 0 Å². The third-order valence-corrected chi connectivity index (χ3v) is 4.46. The molecule has 0 heteroatoms. The summed E-state index contributed by atoms with van der Waals surface area (Å²) in [5, 5.41) is 0. The molecule has 0 unspecified atom stereocenters. The summed E-state index contributed by atoms with van der Waals surface area (Å²) in [7, 11) is 0. The molecule has 1 aliphatic rings. The molecule has 0 aromatic rings. The van der Waals surface area contributed by atoms with Crippen LogP contribution in [0.1, 0.15) is 129 Å². The van der Waals surface area contributed by atoms with Gasteiger partial charge in [-0.25, -0.2) is 0 Å². The molecule has 0 amide bonds. The summed E-state index contributed by atoms with van der Waals surface area (Å²) in [6.07, 6.45) is 26.4. The fourth-order valence-corrected chi connectivity index (χ4v) is 2.97. The summed E-state index contributed by atoms with van der Waals surface area (Å²) in [5.74, 6) is 0. The Bertz CT molecular complexity index is 127. The van der Waals surface area contributed by atoms with Gasteiger partial charge in [0, 0.05) is 0 Å². The molecule has 20 heavy (non-hydrogen) atoms. The first kappa shape index (κ1) is 20.0. The second kappa shape index (κ2) is 19.0. The van der Waals surface area contributed by atoms with Crippen LogP contribution >= 0.6 is 0 Å². The van der Waals surface area contributed by atoms with Gasteiger partial charge in [-0.05, 0) is 0 Å². The van der Waals surface area contributed by atoms with Gasteiger partial charge in [0.2, 0.25) is 0 Å². The zero-order valence-corrected chi connectivity index (χ0v) is 14.7. The van der Waals surface area contributed by atoms with Gasteiger partial charge in [-0.15, -0.1) is 0 Å². The van der Waals surface area contributed by atoms with E-state index in [1.165, 1.54) is 116 Å². The maximum Gasteiger partial charge on any atom is -0.0533 e. The molecule has 0 heterocycles. The quantitative estimate of drug-likeness (QED) is 0.318. The van der Waals surface area contributed by atoms with Gasteiger partial charge < -0.3 is 0 Å². The molecule has 0 N–H and O–H groups in total.